The van der Waals surface area contributed by atoms with Crippen molar-refractivity contribution < 1.29 is 23.0 Å². The average Bonchev–Trinajstić information content (AvgIpc) is 3.24. The maximum absolute atomic E-state index is 12.7. The van der Waals surface area contributed by atoms with Gasteiger partial charge in [0, 0.05) is 11.6 Å². The highest BCUT2D eigenvalue weighted by atomic mass is 35.5. The summed E-state index contributed by atoms with van der Waals surface area (Å²) in [7, 11) is 0. The van der Waals surface area contributed by atoms with Crippen LogP contribution in [0.25, 0.3) is 0 Å². The van der Waals surface area contributed by atoms with Crippen LogP contribution in [0.2, 0.25) is 15.1 Å². The van der Waals surface area contributed by atoms with Crippen molar-refractivity contribution in [1.29, 1.82) is 5.26 Å². The number of halogens is 5. The van der Waals surface area contributed by atoms with Gasteiger partial charge in [0.1, 0.15) is 12.4 Å². The Bertz CT molecular complexity index is 1250. The monoisotopic (exact) mass is 556 g/mol. The number of hydrogen-bond acceptors (Lipinski definition) is 6. The molecule has 2 aromatic carbocycles. The van der Waals surface area contributed by atoms with Crippen LogP contribution in [0, 0.1) is 11.5 Å². The van der Waals surface area contributed by atoms with Gasteiger partial charge < -0.3 is 14.8 Å². The summed E-state index contributed by atoms with van der Waals surface area (Å²) in [5.41, 5.74) is 1.05. The van der Waals surface area contributed by atoms with Crippen LogP contribution in [0.5, 0.6) is 5.75 Å². The molecule has 2 aromatic rings. The van der Waals surface area contributed by atoms with Crippen molar-refractivity contribution in [3.63, 3.8) is 0 Å². The molecule has 0 aliphatic carbocycles. The van der Waals surface area contributed by atoms with E-state index in [0.717, 1.165) is 0 Å². The van der Waals surface area contributed by atoms with E-state index in [9.17, 15) is 18.8 Å². The normalized spacial score (nSPS) is 15.2. The Balaban J connectivity index is 1.98. The molecule has 14 heteroatoms. The molecule has 1 aliphatic rings. The number of nitriles is 1. The first-order valence-corrected chi connectivity index (χ1v) is 11.2. The van der Waals surface area contributed by atoms with Gasteiger partial charge in [-0.05, 0) is 24.3 Å². The SMILES string of the molecule is C=CCOC(=O)NC1CN(C(=Nc2ccc(Cl)c(OC(F)F)c2)NC#N)N=C1c1ccc(Cl)c(Cl)c1. The third-order valence-electron chi connectivity index (χ3n) is 4.53. The lowest BCUT2D eigenvalue weighted by Crippen LogP contribution is -2.45. The lowest BCUT2D eigenvalue weighted by molar-refractivity contribution is -0.0497. The summed E-state index contributed by atoms with van der Waals surface area (Å²) < 4.78 is 34.7. The number of benzene rings is 2. The van der Waals surface area contributed by atoms with Gasteiger partial charge in [-0.1, -0.05) is 53.5 Å². The predicted octanol–water partition coefficient (Wildman–Crippen LogP) is 5.31. The molecular weight excluding hydrogens is 541 g/mol. The Morgan fingerprint density at radius 1 is 1.28 bits per heavy atom. The molecule has 0 fully saturated rings. The van der Waals surface area contributed by atoms with Gasteiger partial charge >= 0.3 is 12.7 Å². The zero-order valence-corrected chi connectivity index (χ0v) is 20.5. The number of alkyl halides is 2. The Morgan fingerprint density at radius 2 is 2.03 bits per heavy atom. The average molecular weight is 558 g/mol. The van der Waals surface area contributed by atoms with Crippen LogP contribution in [0.3, 0.4) is 0 Å². The van der Waals surface area contributed by atoms with E-state index in [1.807, 2.05) is 0 Å². The summed E-state index contributed by atoms with van der Waals surface area (Å²) in [5.74, 6) is -0.362. The van der Waals surface area contributed by atoms with Gasteiger partial charge in [-0.15, -0.1) is 0 Å². The highest BCUT2D eigenvalue weighted by Crippen LogP contribution is 2.31. The minimum atomic E-state index is -3.09. The quantitative estimate of drug-likeness (QED) is 0.157. The fourth-order valence-electron chi connectivity index (χ4n) is 3.05. The molecule has 1 aliphatic heterocycles. The number of carbonyl (C=O) groups excluding carboxylic acids is 1. The first-order chi connectivity index (χ1) is 17.2. The van der Waals surface area contributed by atoms with Crippen LogP contribution in [0.4, 0.5) is 19.3 Å². The molecule has 1 amide bonds. The number of hydrazone groups is 1. The Morgan fingerprint density at radius 3 is 2.69 bits per heavy atom. The number of carbonyl (C=O) groups is 1. The number of alkyl carbamates (subject to hydrolysis) is 1. The highest BCUT2D eigenvalue weighted by molar-refractivity contribution is 6.42. The smallest absolute Gasteiger partial charge is 0.408 e. The van der Waals surface area contributed by atoms with E-state index in [2.05, 4.69) is 32.0 Å². The standard InChI is InChI=1S/C22H17Cl3F2N6O3/c1-2-7-35-22(34)31-17-10-33(32-19(17)12-3-5-14(23)16(25)8-12)21(29-11-28)30-13-4-6-15(24)18(9-13)36-20(26)27/h2-6,8-9,17,20H,1,7,10H2,(H,29,30)(H,31,34). The minimum Gasteiger partial charge on any atom is -0.445 e. The molecule has 9 nitrogen and oxygen atoms in total. The molecule has 188 valence electrons. The predicted molar refractivity (Wildman–Crippen MR) is 132 cm³/mol. The van der Waals surface area contributed by atoms with Crippen LogP contribution in [0.15, 0.2) is 59.1 Å². The Hall–Kier alpha value is -3.59. The van der Waals surface area contributed by atoms with E-state index in [0.29, 0.717) is 16.3 Å². The zero-order chi connectivity index (χ0) is 26.2. The molecule has 1 atom stereocenters. The number of amides is 1. The number of guanidine groups is 1. The van der Waals surface area contributed by atoms with Crippen LogP contribution in [0.1, 0.15) is 5.56 Å². The molecule has 36 heavy (non-hydrogen) atoms. The summed E-state index contributed by atoms with van der Waals surface area (Å²) in [6.07, 6.45) is 2.43. The van der Waals surface area contributed by atoms with Crippen LogP contribution in [-0.2, 0) is 4.74 Å². The summed E-state index contributed by atoms with van der Waals surface area (Å²) in [6.45, 7) is 0.414. The van der Waals surface area contributed by atoms with Crippen molar-refractivity contribution in [1.82, 2.24) is 15.6 Å². The maximum Gasteiger partial charge on any atom is 0.408 e. The van der Waals surface area contributed by atoms with E-state index in [1.54, 1.807) is 24.4 Å². The Kier molecular flexibility index (Phi) is 9.30. The molecule has 0 aromatic heterocycles. The van der Waals surface area contributed by atoms with E-state index in [1.165, 1.54) is 29.3 Å². The molecule has 0 saturated heterocycles. The summed E-state index contributed by atoms with van der Waals surface area (Å²) in [6, 6.07) is 8.00. The van der Waals surface area contributed by atoms with Crippen molar-refractivity contribution in [3.05, 3.63) is 69.7 Å². The van der Waals surface area contributed by atoms with Crippen molar-refractivity contribution in [2.45, 2.75) is 12.7 Å². The topological polar surface area (TPSA) is 111 Å². The van der Waals surface area contributed by atoms with Crippen molar-refractivity contribution >= 4 is 58.3 Å². The van der Waals surface area contributed by atoms with Gasteiger partial charge in [-0.2, -0.15) is 19.1 Å². The van der Waals surface area contributed by atoms with Gasteiger partial charge in [-0.25, -0.2) is 14.8 Å². The molecule has 0 saturated carbocycles. The third kappa shape index (κ3) is 6.97. The summed E-state index contributed by atoms with van der Waals surface area (Å²) >= 11 is 18.1. The van der Waals surface area contributed by atoms with Gasteiger partial charge in [0.05, 0.1) is 39.1 Å². The fourth-order valence-corrected chi connectivity index (χ4v) is 3.51. The van der Waals surface area contributed by atoms with E-state index < -0.39 is 18.7 Å². The minimum absolute atomic E-state index is 0.0101. The zero-order valence-electron chi connectivity index (χ0n) is 18.2. The number of aliphatic imine (C=N–C) groups is 1. The second-order valence-electron chi connectivity index (χ2n) is 6.95. The number of nitrogens with one attached hydrogen (secondary N) is 2. The second-order valence-corrected chi connectivity index (χ2v) is 8.17. The van der Waals surface area contributed by atoms with Gasteiger partial charge in [0.25, 0.3) is 0 Å². The molecular formula is C22H17Cl3F2N6O3. The largest absolute Gasteiger partial charge is 0.445 e. The van der Waals surface area contributed by atoms with Gasteiger partial charge in [0.2, 0.25) is 5.96 Å². The van der Waals surface area contributed by atoms with Crippen molar-refractivity contribution in [3.8, 4) is 11.9 Å². The molecule has 1 heterocycles. The lowest BCUT2D eigenvalue weighted by atomic mass is 10.0. The van der Waals surface area contributed by atoms with Crippen LogP contribution < -0.4 is 15.4 Å². The number of hydrogen-bond donors (Lipinski definition) is 2. The van der Waals surface area contributed by atoms with E-state index in [-0.39, 0.29) is 40.6 Å². The first kappa shape index (κ1) is 27.0. The highest BCUT2D eigenvalue weighted by Gasteiger charge is 2.32. The van der Waals surface area contributed by atoms with Crippen molar-refractivity contribution in [2.24, 2.45) is 10.1 Å². The maximum atomic E-state index is 12.7. The summed E-state index contributed by atoms with van der Waals surface area (Å²) in [5, 5.41) is 20.7. The number of ether oxygens (including phenoxy) is 2. The molecule has 2 N–H and O–H groups in total. The van der Waals surface area contributed by atoms with Gasteiger partial charge in [0.15, 0.2) is 6.19 Å². The molecule has 0 spiro atoms. The molecule has 0 radical (unpaired) electrons. The third-order valence-corrected chi connectivity index (χ3v) is 5.58. The lowest BCUT2D eigenvalue weighted by Gasteiger charge is -2.18. The second kappa shape index (κ2) is 12.4. The van der Waals surface area contributed by atoms with Crippen LogP contribution >= 0.6 is 34.8 Å². The van der Waals surface area contributed by atoms with E-state index in [4.69, 9.17) is 39.5 Å². The fraction of sp³-hybridized carbons (Fsp3) is 0.182. The molecule has 1 unspecified atom stereocenters. The van der Waals surface area contributed by atoms with E-state index >= 15 is 0 Å². The van der Waals surface area contributed by atoms with Gasteiger partial charge in [-0.3, -0.25) is 5.32 Å². The van der Waals surface area contributed by atoms with Crippen molar-refractivity contribution in [2.75, 3.05) is 13.2 Å². The summed E-state index contributed by atoms with van der Waals surface area (Å²) in [4.78, 5) is 16.5. The Labute approximate surface area is 219 Å². The molecule has 3 rings (SSSR count). The van der Waals surface area contributed by atoms with Crippen LogP contribution in [-0.4, -0.2) is 48.6 Å². The number of rotatable bonds is 7. The first-order valence-electron chi connectivity index (χ1n) is 10.1. The molecule has 0 bridgehead atoms. The number of nitrogens with zero attached hydrogens (tertiary/aromatic N) is 4.